The Kier molecular flexibility index (Phi) is 6.66. The lowest BCUT2D eigenvalue weighted by molar-refractivity contribution is 0.219. The fraction of sp³-hybridized carbons (Fsp3) is 0.320. The number of benzene rings is 1. The fourth-order valence-corrected chi connectivity index (χ4v) is 4.00. The molecule has 7 heteroatoms. The van der Waals surface area contributed by atoms with Crippen molar-refractivity contribution in [1.29, 1.82) is 0 Å². The summed E-state index contributed by atoms with van der Waals surface area (Å²) in [6.07, 6.45) is 8.30. The summed E-state index contributed by atoms with van der Waals surface area (Å²) < 4.78 is 1.75. The van der Waals surface area contributed by atoms with Gasteiger partial charge in [-0.2, -0.15) is 5.10 Å². The first kappa shape index (κ1) is 21.8. The molecule has 0 aliphatic carbocycles. The van der Waals surface area contributed by atoms with E-state index in [1.165, 1.54) is 11.1 Å². The van der Waals surface area contributed by atoms with Crippen LogP contribution in [0.3, 0.4) is 0 Å². The molecule has 0 saturated carbocycles. The third-order valence-corrected chi connectivity index (χ3v) is 5.75. The van der Waals surface area contributed by atoms with Crippen molar-refractivity contribution in [1.82, 2.24) is 30.0 Å². The number of fused-ring (bicyclic) bond motifs is 1. The molecule has 0 radical (unpaired) electrons. The number of aryl methyl sites for hydroxylation is 1. The van der Waals surface area contributed by atoms with Crippen molar-refractivity contribution in [2.24, 2.45) is 18.7 Å². The standard InChI is InChI=1S/C25H31N7/c1-18(15-32-11-9-20-6-4-5-7-21(20)17-32)13-28-19(2)23(26)12-25-27-10-8-24(30-25)22-14-29-31(3)16-22/h4-8,10,12,14,16,18,28H,2,9,11,13,15,17,26H2,1,3H3. The van der Waals surface area contributed by atoms with Crippen molar-refractivity contribution < 1.29 is 0 Å². The molecule has 166 valence electrons. The Morgan fingerprint density at radius 2 is 2.09 bits per heavy atom. The number of hydrogen-bond donors (Lipinski definition) is 2. The van der Waals surface area contributed by atoms with Gasteiger partial charge in [0.15, 0.2) is 5.82 Å². The number of nitrogens with zero attached hydrogens (tertiary/aromatic N) is 5. The van der Waals surface area contributed by atoms with E-state index in [4.69, 9.17) is 5.73 Å². The van der Waals surface area contributed by atoms with Crippen molar-refractivity contribution in [3.05, 3.63) is 83.8 Å². The summed E-state index contributed by atoms with van der Waals surface area (Å²) in [5.41, 5.74) is 12.2. The average Bonchev–Trinajstić information content (AvgIpc) is 3.24. The van der Waals surface area contributed by atoms with Crippen LogP contribution in [0.5, 0.6) is 0 Å². The molecule has 0 bridgehead atoms. The Balaban J connectivity index is 1.30. The quantitative estimate of drug-likeness (QED) is 0.536. The lowest BCUT2D eigenvalue weighted by Crippen LogP contribution is -2.37. The van der Waals surface area contributed by atoms with E-state index in [1.807, 2.05) is 19.3 Å². The van der Waals surface area contributed by atoms with Crippen LogP contribution in [0.25, 0.3) is 17.3 Å². The van der Waals surface area contributed by atoms with Crippen LogP contribution in [-0.2, 0) is 20.0 Å². The zero-order valence-electron chi connectivity index (χ0n) is 18.8. The van der Waals surface area contributed by atoms with E-state index >= 15 is 0 Å². The molecule has 32 heavy (non-hydrogen) atoms. The number of hydrogen-bond acceptors (Lipinski definition) is 6. The second-order valence-electron chi connectivity index (χ2n) is 8.52. The molecule has 2 aromatic heterocycles. The van der Waals surface area contributed by atoms with Crippen molar-refractivity contribution in [3.8, 4) is 11.3 Å². The van der Waals surface area contributed by atoms with E-state index in [1.54, 1.807) is 23.2 Å². The SMILES string of the molecule is C=C(NCC(C)CN1CCc2ccccc2C1)C(N)=Cc1nccc(-c2cnn(C)c2)n1. The summed E-state index contributed by atoms with van der Waals surface area (Å²) in [5, 5.41) is 7.57. The number of nitrogens with one attached hydrogen (secondary N) is 1. The van der Waals surface area contributed by atoms with Crippen molar-refractivity contribution >= 4 is 6.08 Å². The third kappa shape index (κ3) is 5.42. The minimum atomic E-state index is 0.468. The molecule has 1 aromatic carbocycles. The summed E-state index contributed by atoms with van der Waals surface area (Å²) in [4.78, 5) is 11.4. The highest BCUT2D eigenvalue weighted by Crippen LogP contribution is 2.19. The third-order valence-electron chi connectivity index (χ3n) is 5.75. The molecule has 3 aromatic rings. The second kappa shape index (κ2) is 9.78. The normalized spacial score (nSPS) is 15.2. The van der Waals surface area contributed by atoms with Crippen LogP contribution in [0.4, 0.5) is 0 Å². The maximum atomic E-state index is 6.26. The van der Waals surface area contributed by atoms with E-state index in [0.29, 0.717) is 23.1 Å². The summed E-state index contributed by atoms with van der Waals surface area (Å²) >= 11 is 0. The van der Waals surface area contributed by atoms with E-state index in [9.17, 15) is 0 Å². The average molecular weight is 430 g/mol. The molecule has 1 unspecified atom stereocenters. The first-order chi connectivity index (χ1) is 15.5. The van der Waals surface area contributed by atoms with E-state index in [0.717, 1.165) is 43.9 Å². The Labute approximate surface area is 189 Å². The van der Waals surface area contributed by atoms with Crippen LogP contribution in [-0.4, -0.2) is 44.3 Å². The zero-order chi connectivity index (χ0) is 22.5. The van der Waals surface area contributed by atoms with Gasteiger partial charge in [-0.1, -0.05) is 37.8 Å². The molecule has 0 saturated heterocycles. The molecular formula is C25H31N7. The molecule has 4 rings (SSSR count). The molecule has 0 spiro atoms. The number of aromatic nitrogens is 4. The monoisotopic (exact) mass is 429 g/mol. The number of rotatable bonds is 8. The second-order valence-corrected chi connectivity index (χ2v) is 8.52. The highest BCUT2D eigenvalue weighted by atomic mass is 15.2. The van der Waals surface area contributed by atoms with Crippen molar-refractivity contribution in [2.75, 3.05) is 19.6 Å². The van der Waals surface area contributed by atoms with E-state index in [-0.39, 0.29) is 0 Å². The summed E-state index contributed by atoms with van der Waals surface area (Å²) in [5.74, 6) is 1.02. The van der Waals surface area contributed by atoms with Crippen LogP contribution in [0.1, 0.15) is 23.9 Å². The van der Waals surface area contributed by atoms with Gasteiger partial charge in [0.1, 0.15) is 0 Å². The van der Waals surface area contributed by atoms with Gasteiger partial charge in [-0.3, -0.25) is 9.58 Å². The van der Waals surface area contributed by atoms with Gasteiger partial charge in [0.05, 0.1) is 23.3 Å². The zero-order valence-corrected chi connectivity index (χ0v) is 18.8. The maximum absolute atomic E-state index is 6.26. The first-order valence-electron chi connectivity index (χ1n) is 11.0. The van der Waals surface area contributed by atoms with Crippen molar-refractivity contribution in [3.63, 3.8) is 0 Å². The fourth-order valence-electron chi connectivity index (χ4n) is 4.00. The number of nitrogens with two attached hydrogens (primary N) is 1. The predicted molar refractivity (Wildman–Crippen MR) is 128 cm³/mol. The minimum absolute atomic E-state index is 0.468. The summed E-state index contributed by atoms with van der Waals surface area (Å²) in [6, 6.07) is 10.6. The largest absolute Gasteiger partial charge is 0.397 e. The predicted octanol–water partition coefficient (Wildman–Crippen LogP) is 2.97. The van der Waals surface area contributed by atoms with Gasteiger partial charge in [-0.05, 0) is 29.5 Å². The minimum Gasteiger partial charge on any atom is -0.397 e. The molecule has 0 fully saturated rings. The molecule has 3 heterocycles. The Hall–Kier alpha value is -3.45. The van der Waals surface area contributed by atoms with Crippen LogP contribution < -0.4 is 11.1 Å². The molecule has 7 nitrogen and oxygen atoms in total. The van der Waals surface area contributed by atoms with E-state index in [2.05, 4.69) is 63.1 Å². The molecule has 1 aliphatic heterocycles. The lowest BCUT2D eigenvalue weighted by Gasteiger charge is -2.31. The topological polar surface area (TPSA) is 84.9 Å². The maximum Gasteiger partial charge on any atom is 0.154 e. The van der Waals surface area contributed by atoms with Gasteiger partial charge in [-0.15, -0.1) is 0 Å². The van der Waals surface area contributed by atoms with Gasteiger partial charge in [0.25, 0.3) is 0 Å². The molecule has 0 amide bonds. The Bertz CT molecular complexity index is 1110. The van der Waals surface area contributed by atoms with Gasteiger partial charge in [0, 0.05) is 57.3 Å². The molecule has 3 N–H and O–H groups in total. The molecular weight excluding hydrogens is 398 g/mol. The van der Waals surface area contributed by atoms with Crippen LogP contribution >= 0.6 is 0 Å². The van der Waals surface area contributed by atoms with Gasteiger partial charge in [0.2, 0.25) is 0 Å². The lowest BCUT2D eigenvalue weighted by atomic mass is 9.99. The van der Waals surface area contributed by atoms with Gasteiger partial charge in [-0.25, -0.2) is 9.97 Å². The molecule has 1 atom stereocenters. The summed E-state index contributed by atoms with van der Waals surface area (Å²) in [7, 11) is 1.88. The van der Waals surface area contributed by atoms with Crippen LogP contribution in [0, 0.1) is 5.92 Å². The van der Waals surface area contributed by atoms with Crippen LogP contribution in [0.2, 0.25) is 0 Å². The highest BCUT2D eigenvalue weighted by molar-refractivity contribution is 5.59. The highest BCUT2D eigenvalue weighted by Gasteiger charge is 2.17. The van der Waals surface area contributed by atoms with Crippen molar-refractivity contribution in [2.45, 2.75) is 19.9 Å². The van der Waals surface area contributed by atoms with Gasteiger partial charge >= 0.3 is 0 Å². The first-order valence-corrected chi connectivity index (χ1v) is 11.0. The Morgan fingerprint density at radius 1 is 1.28 bits per heavy atom. The van der Waals surface area contributed by atoms with E-state index < -0.39 is 0 Å². The van der Waals surface area contributed by atoms with Gasteiger partial charge < -0.3 is 11.1 Å². The van der Waals surface area contributed by atoms with Crippen LogP contribution in [0.15, 0.2) is 66.9 Å². The summed E-state index contributed by atoms with van der Waals surface area (Å²) in [6.45, 7) is 10.3. The Morgan fingerprint density at radius 3 is 2.88 bits per heavy atom. The molecule has 1 aliphatic rings. The smallest absolute Gasteiger partial charge is 0.154 e.